The van der Waals surface area contributed by atoms with E-state index in [-0.39, 0.29) is 0 Å². The predicted octanol–water partition coefficient (Wildman–Crippen LogP) is 0.611. The molecule has 92 valence electrons. The minimum atomic E-state index is 0.350. The topological polar surface area (TPSA) is 42.3 Å². The Labute approximate surface area is 97.4 Å². The van der Waals surface area contributed by atoms with Gasteiger partial charge in [0.15, 0.2) is 0 Å². The molecule has 1 heterocycles. The molecule has 0 aliphatic carbocycles. The Morgan fingerprint density at radius 3 is 2.75 bits per heavy atom. The van der Waals surface area contributed by atoms with Crippen LogP contribution in [0.1, 0.15) is 12.6 Å². The first-order valence-corrected chi connectivity index (χ1v) is 5.46. The summed E-state index contributed by atoms with van der Waals surface area (Å²) in [6, 6.07) is 0.350. The van der Waals surface area contributed by atoms with Crippen molar-refractivity contribution >= 4 is 5.95 Å². The lowest BCUT2D eigenvalue weighted by atomic mass is 10.3. The molecular formula is C11H22N4O. The third kappa shape index (κ3) is 3.21. The monoisotopic (exact) mass is 226 g/mol. The van der Waals surface area contributed by atoms with E-state index in [1.54, 1.807) is 7.11 Å². The fourth-order valence-electron chi connectivity index (χ4n) is 1.60. The van der Waals surface area contributed by atoms with Crippen molar-refractivity contribution in [1.29, 1.82) is 0 Å². The second-order valence-electron chi connectivity index (χ2n) is 4.24. The van der Waals surface area contributed by atoms with Gasteiger partial charge in [-0.2, -0.15) is 0 Å². The Morgan fingerprint density at radius 2 is 2.25 bits per heavy atom. The van der Waals surface area contributed by atoms with Crippen molar-refractivity contribution in [3.05, 3.63) is 11.9 Å². The van der Waals surface area contributed by atoms with E-state index >= 15 is 0 Å². The van der Waals surface area contributed by atoms with E-state index in [1.807, 2.05) is 32.2 Å². The van der Waals surface area contributed by atoms with Gasteiger partial charge in [-0.1, -0.05) is 0 Å². The molecule has 5 nitrogen and oxygen atoms in total. The number of aromatic nitrogens is 2. The van der Waals surface area contributed by atoms with E-state index in [2.05, 4.69) is 21.8 Å². The van der Waals surface area contributed by atoms with Gasteiger partial charge in [-0.25, -0.2) is 4.98 Å². The summed E-state index contributed by atoms with van der Waals surface area (Å²) >= 11 is 0. The Kier molecular flexibility index (Phi) is 4.76. The third-order valence-electron chi connectivity index (χ3n) is 2.51. The molecule has 1 aromatic heterocycles. The quantitative estimate of drug-likeness (QED) is 0.772. The zero-order valence-corrected chi connectivity index (χ0v) is 10.8. The third-order valence-corrected chi connectivity index (χ3v) is 2.51. The SMILES string of the molecule is COCC(C)NCc1cnc(N(C)C)n1C. The van der Waals surface area contributed by atoms with Gasteiger partial charge < -0.3 is 19.5 Å². The highest BCUT2D eigenvalue weighted by atomic mass is 16.5. The number of nitrogens with one attached hydrogen (secondary N) is 1. The van der Waals surface area contributed by atoms with Gasteiger partial charge in [0, 0.05) is 40.8 Å². The molecule has 16 heavy (non-hydrogen) atoms. The first-order valence-electron chi connectivity index (χ1n) is 5.46. The molecular weight excluding hydrogens is 204 g/mol. The maximum absolute atomic E-state index is 5.07. The van der Waals surface area contributed by atoms with Crippen LogP contribution in [0, 0.1) is 0 Å². The van der Waals surface area contributed by atoms with Gasteiger partial charge in [0.2, 0.25) is 5.95 Å². The largest absolute Gasteiger partial charge is 0.383 e. The van der Waals surface area contributed by atoms with E-state index in [0.717, 1.165) is 19.1 Å². The number of hydrogen-bond donors (Lipinski definition) is 1. The number of hydrogen-bond acceptors (Lipinski definition) is 4. The lowest BCUT2D eigenvalue weighted by molar-refractivity contribution is 0.171. The Morgan fingerprint density at radius 1 is 1.56 bits per heavy atom. The summed E-state index contributed by atoms with van der Waals surface area (Å²) in [5, 5.41) is 3.39. The lowest BCUT2D eigenvalue weighted by Crippen LogP contribution is -2.30. The Hall–Kier alpha value is -1.07. The van der Waals surface area contributed by atoms with Crippen molar-refractivity contribution in [1.82, 2.24) is 14.9 Å². The number of methoxy groups -OCH3 is 1. The fraction of sp³-hybridized carbons (Fsp3) is 0.727. The highest BCUT2D eigenvalue weighted by Gasteiger charge is 2.08. The second kappa shape index (κ2) is 5.86. The molecule has 1 N–H and O–H groups in total. The first-order chi connectivity index (χ1) is 7.56. The van der Waals surface area contributed by atoms with Crippen LogP contribution in [0.3, 0.4) is 0 Å². The minimum Gasteiger partial charge on any atom is -0.383 e. The molecule has 1 unspecified atom stereocenters. The van der Waals surface area contributed by atoms with Crippen LogP contribution in [0.25, 0.3) is 0 Å². The van der Waals surface area contributed by atoms with Crippen LogP contribution in [0.4, 0.5) is 5.95 Å². The summed E-state index contributed by atoms with van der Waals surface area (Å²) in [6.07, 6.45) is 1.90. The molecule has 0 aromatic carbocycles. The molecule has 5 heteroatoms. The molecule has 1 aromatic rings. The molecule has 0 radical (unpaired) electrons. The highest BCUT2D eigenvalue weighted by Crippen LogP contribution is 2.10. The number of rotatable bonds is 6. The molecule has 0 fully saturated rings. The second-order valence-corrected chi connectivity index (χ2v) is 4.24. The average Bonchev–Trinajstić information content (AvgIpc) is 2.57. The predicted molar refractivity (Wildman–Crippen MR) is 65.7 cm³/mol. The van der Waals surface area contributed by atoms with Crippen LogP contribution >= 0.6 is 0 Å². The number of anilines is 1. The molecule has 0 aliphatic rings. The van der Waals surface area contributed by atoms with Gasteiger partial charge >= 0.3 is 0 Å². The van der Waals surface area contributed by atoms with Crippen molar-refractivity contribution in [3.63, 3.8) is 0 Å². The van der Waals surface area contributed by atoms with Crippen molar-refractivity contribution < 1.29 is 4.74 Å². The van der Waals surface area contributed by atoms with Crippen LogP contribution in [0.2, 0.25) is 0 Å². The van der Waals surface area contributed by atoms with Gasteiger partial charge in [-0.15, -0.1) is 0 Å². The van der Waals surface area contributed by atoms with Gasteiger partial charge in [0.05, 0.1) is 18.5 Å². The zero-order chi connectivity index (χ0) is 12.1. The molecule has 0 saturated carbocycles. The van der Waals surface area contributed by atoms with Gasteiger partial charge in [-0.05, 0) is 6.92 Å². The van der Waals surface area contributed by atoms with Gasteiger partial charge in [-0.3, -0.25) is 0 Å². The zero-order valence-electron chi connectivity index (χ0n) is 10.8. The summed E-state index contributed by atoms with van der Waals surface area (Å²) in [4.78, 5) is 6.36. The van der Waals surface area contributed by atoms with Gasteiger partial charge in [0.25, 0.3) is 0 Å². The lowest BCUT2D eigenvalue weighted by Gasteiger charge is -2.15. The van der Waals surface area contributed by atoms with Crippen molar-refractivity contribution in [3.8, 4) is 0 Å². The fourth-order valence-corrected chi connectivity index (χ4v) is 1.60. The maximum atomic E-state index is 5.07. The van der Waals surface area contributed by atoms with E-state index in [9.17, 15) is 0 Å². The molecule has 0 aliphatic heterocycles. The highest BCUT2D eigenvalue weighted by molar-refractivity contribution is 5.30. The summed E-state index contributed by atoms with van der Waals surface area (Å²) in [6.45, 7) is 3.63. The molecule has 1 rings (SSSR count). The molecule has 0 spiro atoms. The van der Waals surface area contributed by atoms with Crippen molar-refractivity contribution in [2.45, 2.75) is 19.5 Å². The number of nitrogens with zero attached hydrogens (tertiary/aromatic N) is 3. The van der Waals surface area contributed by atoms with Crippen LogP contribution in [0.5, 0.6) is 0 Å². The maximum Gasteiger partial charge on any atom is 0.204 e. The normalized spacial score (nSPS) is 12.8. The smallest absolute Gasteiger partial charge is 0.204 e. The van der Waals surface area contributed by atoms with E-state index in [1.165, 1.54) is 5.69 Å². The van der Waals surface area contributed by atoms with E-state index in [4.69, 9.17) is 4.74 Å². The average molecular weight is 226 g/mol. The summed E-state index contributed by atoms with van der Waals surface area (Å²) < 4.78 is 7.16. The number of imidazole rings is 1. The summed E-state index contributed by atoms with van der Waals surface area (Å²) in [7, 11) is 7.73. The Bertz CT molecular complexity index is 322. The van der Waals surface area contributed by atoms with Crippen LogP contribution in [0.15, 0.2) is 6.20 Å². The molecule has 0 bridgehead atoms. The summed E-state index contributed by atoms with van der Waals surface area (Å²) in [5.41, 5.74) is 1.17. The van der Waals surface area contributed by atoms with Crippen LogP contribution in [-0.4, -0.2) is 43.4 Å². The van der Waals surface area contributed by atoms with Crippen LogP contribution in [-0.2, 0) is 18.3 Å². The standard InChI is InChI=1S/C11H22N4O/c1-9(8-16-5)12-6-10-7-13-11(14(2)3)15(10)4/h7,9,12H,6,8H2,1-5H3. The first kappa shape index (κ1) is 13.0. The van der Waals surface area contributed by atoms with Crippen molar-refractivity contribution in [2.24, 2.45) is 7.05 Å². The van der Waals surface area contributed by atoms with E-state index < -0.39 is 0 Å². The molecule has 0 saturated heterocycles. The molecule has 0 amide bonds. The minimum absolute atomic E-state index is 0.350. The molecule has 1 atom stereocenters. The van der Waals surface area contributed by atoms with E-state index in [0.29, 0.717) is 6.04 Å². The Balaban J connectivity index is 2.55. The van der Waals surface area contributed by atoms with Crippen LogP contribution < -0.4 is 10.2 Å². The number of ether oxygens (including phenoxy) is 1. The van der Waals surface area contributed by atoms with Crippen molar-refractivity contribution in [2.75, 3.05) is 32.7 Å². The summed E-state index contributed by atoms with van der Waals surface area (Å²) in [5.74, 6) is 0.969. The van der Waals surface area contributed by atoms with Gasteiger partial charge in [0.1, 0.15) is 0 Å².